The Labute approximate surface area is 101 Å². The second kappa shape index (κ2) is 5.77. The van der Waals surface area contributed by atoms with Crippen LogP contribution in [0, 0.1) is 11.7 Å². The molecule has 0 aliphatic carbocycles. The monoisotopic (exact) mass is 239 g/mol. The van der Waals surface area contributed by atoms with Gasteiger partial charge in [-0.15, -0.1) is 0 Å². The molecule has 94 valence electrons. The van der Waals surface area contributed by atoms with E-state index in [0.29, 0.717) is 5.56 Å². The quantitative estimate of drug-likeness (QED) is 0.858. The number of hydrogen-bond donors (Lipinski definition) is 1. The molecule has 0 bridgehead atoms. The largest absolute Gasteiger partial charge is 0.481 e. The van der Waals surface area contributed by atoms with E-state index < -0.39 is 5.97 Å². The summed E-state index contributed by atoms with van der Waals surface area (Å²) in [4.78, 5) is 12.6. The van der Waals surface area contributed by atoms with Crippen molar-refractivity contribution >= 4 is 5.97 Å². The molecule has 0 aliphatic rings. The second-order valence-corrected chi connectivity index (χ2v) is 4.51. The molecular formula is C13H18FNO2. The van der Waals surface area contributed by atoms with Crippen molar-refractivity contribution in [1.82, 2.24) is 4.90 Å². The first-order chi connectivity index (χ1) is 7.93. The molecule has 2 atom stereocenters. The normalized spacial score (nSPS) is 14.6. The summed E-state index contributed by atoms with van der Waals surface area (Å²) in [6.45, 7) is 1.82. The Morgan fingerprint density at radius 2 is 2.00 bits per heavy atom. The van der Waals surface area contributed by atoms with Crippen LogP contribution in [0.4, 0.5) is 4.39 Å². The van der Waals surface area contributed by atoms with Crippen molar-refractivity contribution in [3.8, 4) is 0 Å². The minimum absolute atomic E-state index is 0.0250. The molecule has 17 heavy (non-hydrogen) atoms. The van der Waals surface area contributed by atoms with E-state index in [9.17, 15) is 9.18 Å². The van der Waals surface area contributed by atoms with Gasteiger partial charge >= 0.3 is 5.97 Å². The molecule has 4 heteroatoms. The van der Waals surface area contributed by atoms with Crippen LogP contribution in [0.25, 0.3) is 0 Å². The van der Waals surface area contributed by atoms with Crippen molar-refractivity contribution in [2.45, 2.75) is 19.4 Å². The number of aliphatic carboxylic acids is 1. The molecular weight excluding hydrogens is 221 g/mol. The van der Waals surface area contributed by atoms with Gasteiger partial charge in [0.1, 0.15) is 5.82 Å². The van der Waals surface area contributed by atoms with Crippen molar-refractivity contribution in [2.75, 3.05) is 14.1 Å². The molecule has 0 fully saturated rings. The highest BCUT2D eigenvalue weighted by molar-refractivity contribution is 5.67. The van der Waals surface area contributed by atoms with Crippen LogP contribution < -0.4 is 0 Å². The Balaban J connectivity index is 3.01. The van der Waals surface area contributed by atoms with Crippen LogP contribution in [0.2, 0.25) is 0 Å². The molecule has 1 N–H and O–H groups in total. The standard InChI is InChI=1S/C13H18FNO2/c1-9(8-12(16)17)13(15(2)3)10-6-4-5-7-11(10)14/h4-7,9,13H,8H2,1-3H3,(H,16,17). The third kappa shape index (κ3) is 3.53. The fourth-order valence-corrected chi connectivity index (χ4v) is 2.20. The molecule has 0 spiro atoms. The number of carboxylic acid groups (broad SMARTS) is 1. The van der Waals surface area contributed by atoms with Crippen LogP contribution in [-0.2, 0) is 4.79 Å². The molecule has 0 saturated carbocycles. The first-order valence-electron chi connectivity index (χ1n) is 5.56. The summed E-state index contributed by atoms with van der Waals surface area (Å²) in [5.41, 5.74) is 0.547. The fourth-order valence-electron chi connectivity index (χ4n) is 2.20. The third-order valence-electron chi connectivity index (χ3n) is 2.82. The van der Waals surface area contributed by atoms with Crippen molar-refractivity contribution in [1.29, 1.82) is 0 Å². The van der Waals surface area contributed by atoms with Crippen molar-refractivity contribution in [2.24, 2.45) is 5.92 Å². The van der Waals surface area contributed by atoms with Crippen LogP contribution in [-0.4, -0.2) is 30.1 Å². The van der Waals surface area contributed by atoms with Gasteiger partial charge in [-0.1, -0.05) is 25.1 Å². The van der Waals surface area contributed by atoms with Crippen LogP contribution in [0.3, 0.4) is 0 Å². The lowest BCUT2D eigenvalue weighted by Crippen LogP contribution is -2.28. The minimum atomic E-state index is -0.860. The number of halogens is 1. The van der Waals surface area contributed by atoms with Gasteiger partial charge in [-0.3, -0.25) is 4.79 Å². The SMILES string of the molecule is CC(CC(=O)O)C(c1ccccc1F)N(C)C. The number of rotatable bonds is 5. The summed E-state index contributed by atoms with van der Waals surface area (Å²) >= 11 is 0. The molecule has 1 aromatic carbocycles. The van der Waals surface area contributed by atoms with Gasteiger partial charge in [-0.25, -0.2) is 4.39 Å². The van der Waals surface area contributed by atoms with E-state index in [4.69, 9.17) is 5.11 Å². The molecule has 0 radical (unpaired) electrons. The minimum Gasteiger partial charge on any atom is -0.481 e. The summed E-state index contributed by atoms with van der Waals surface area (Å²) in [5.74, 6) is -1.30. The predicted molar refractivity (Wildman–Crippen MR) is 64.2 cm³/mol. The molecule has 0 aliphatic heterocycles. The van der Waals surface area contributed by atoms with Gasteiger partial charge in [0.15, 0.2) is 0 Å². The van der Waals surface area contributed by atoms with E-state index in [0.717, 1.165) is 0 Å². The van der Waals surface area contributed by atoms with Crippen LogP contribution in [0.1, 0.15) is 24.9 Å². The molecule has 1 rings (SSSR count). The zero-order valence-electron chi connectivity index (χ0n) is 10.4. The fraction of sp³-hybridized carbons (Fsp3) is 0.462. The number of hydrogen-bond acceptors (Lipinski definition) is 2. The third-order valence-corrected chi connectivity index (χ3v) is 2.82. The Morgan fingerprint density at radius 1 is 1.41 bits per heavy atom. The summed E-state index contributed by atoms with van der Waals surface area (Å²) in [7, 11) is 3.66. The lowest BCUT2D eigenvalue weighted by Gasteiger charge is -2.30. The maximum absolute atomic E-state index is 13.7. The molecule has 2 unspecified atom stereocenters. The zero-order valence-corrected chi connectivity index (χ0v) is 10.4. The Kier molecular flexibility index (Phi) is 4.63. The maximum Gasteiger partial charge on any atom is 0.303 e. The summed E-state index contributed by atoms with van der Waals surface area (Å²) < 4.78 is 13.7. The van der Waals surface area contributed by atoms with Gasteiger partial charge in [-0.2, -0.15) is 0 Å². The molecule has 0 saturated heterocycles. The van der Waals surface area contributed by atoms with Gasteiger partial charge < -0.3 is 10.0 Å². The number of benzene rings is 1. The van der Waals surface area contributed by atoms with Crippen molar-refractivity contribution < 1.29 is 14.3 Å². The topological polar surface area (TPSA) is 40.5 Å². The van der Waals surface area contributed by atoms with Crippen LogP contribution in [0.15, 0.2) is 24.3 Å². The summed E-state index contributed by atoms with van der Waals surface area (Å²) in [6, 6.07) is 6.28. The van der Waals surface area contributed by atoms with E-state index in [1.54, 1.807) is 18.2 Å². The summed E-state index contributed by atoms with van der Waals surface area (Å²) in [6.07, 6.45) is 0.0250. The van der Waals surface area contributed by atoms with Crippen LogP contribution >= 0.6 is 0 Å². The number of carboxylic acids is 1. The second-order valence-electron chi connectivity index (χ2n) is 4.51. The average molecular weight is 239 g/mol. The van der Waals surface area contributed by atoms with Gasteiger partial charge in [0.2, 0.25) is 0 Å². The lowest BCUT2D eigenvalue weighted by atomic mass is 9.91. The maximum atomic E-state index is 13.7. The smallest absolute Gasteiger partial charge is 0.303 e. The van der Waals surface area contributed by atoms with Gasteiger partial charge in [0.05, 0.1) is 0 Å². The molecule has 1 aromatic rings. The van der Waals surface area contributed by atoms with Crippen molar-refractivity contribution in [3.63, 3.8) is 0 Å². The highest BCUT2D eigenvalue weighted by Crippen LogP contribution is 2.30. The summed E-state index contributed by atoms with van der Waals surface area (Å²) in [5, 5.41) is 8.82. The van der Waals surface area contributed by atoms with Crippen molar-refractivity contribution in [3.05, 3.63) is 35.6 Å². The van der Waals surface area contributed by atoms with E-state index in [1.807, 2.05) is 25.9 Å². The highest BCUT2D eigenvalue weighted by Gasteiger charge is 2.25. The van der Waals surface area contributed by atoms with E-state index >= 15 is 0 Å². The first-order valence-corrected chi connectivity index (χ1v) is 5.56. The van der Waals surface area contributed by atoms with Gasteiger partial charge in [0, 0.05) is 18.0 Å². The van der Waals surface area contributed by atoms with E-state index in [2.05, 4.69) is 0 Å². The highest BCUT2D eigenvalue weighted by atomic mass is 19.1. The van der Waals surface area contributed by atoms with E-state index in [1.165, 1.54) is 6.07 Å². The lowest BCUT2D eigenvalue weighted by molar-refractivity contribution is -0.138. The zero-order chi connectivity index (χ0) is 13.0. The van der Waals surface area contributed by atoms with E-state index in [-0.39, 0.29) is 24.2 Å². The molecule has 0 amide bonds. The Morgan fingerprint density at radius 3 is 2.47 bits per heavy atom. The predicted octanol–water partition coefficient (Wildman–Crippen LogP) is 2.54. The Bertz CT molecular complexity index is 393. The number of carbonyl (C=O) groups is 1. The molecule has 0 aromatic heterocycles. The Hall–Kier alpha value is -1.42. The van der Waals surface area contributed by atoms with Gasteiger partial charge in [-0.05, 0) is 26.1 Å². The number of nitrogens with zero attached hydrogens (tertiary/aromatic N) is 1. The first kappa shape index (κ1) is 13.6. The molecule has 3 nitrogen and oxygen atoms in total. The van der Waals surface area contributed by atoms with Gasteiger partial charge in [0.25, 0.3) is 0 Å². The molecule has 0 heterocycles. The average Bonchev–Trinajstić information content (AvgIpc) is 2.19. The van der Waals surface area contributed by atoms with Crippen LogP contribution in [0.5, 0.6) is 0 Å².